The van der Waals surface area contributed by atoms with Crippen molar-refractivity contribution in [2.45, 2.75) is 0 Å². The average Bonchev–Trinajstić information content (AvgIpc) is 2.69. The largest absolute Gasteiger partial charge is 0.369 e. The molecule has 1 heterocycles. The number of halogens is 2. The summed E-state index contributed by atoms with van der Waals surface area (Å²) in [7, 11) is 0. The van der Waals surface area contributed by atoms with Gasteiger partial charge in [0.15, 0.2) is 0 Å². The van der Waals surface area contributed by atoms with E-state index >= 15 is 0 Å². The van der Waals surface area contributed by atoms with Gasteiger partial charge in [0.25, 0.3) is 11.6 Å². The summed E-state index contributed by atoms with van der Waals surface area (Å²) in [4.78, 5) is 27.1. The van der Waals surface area contributed by atoms with Crippen LogP contribution < -0.4 is 10.2 Å². The Morgan fingerprint density at radius 2 is 1.75 bits per heavy atom. The summed E-state index contributed by atoms with van der Waals surface area (Å²) in [5.74, 6) is -0.348. The van der Waals surface area contributed by atoms with E-state index in [1.165, 1.54) is 18.2 Å². The molecule has 7 nitrogen and oxygen atoms in total. The quantitative estimate of drug-likeness (QED) is 0.569. The molecule has 1 aliphatic heterocycles. The van der Waals surface area contributed by atoms with Crippen molar-refractivity contribution in [1.29, 1.82) is 0 Å². The summed E-state index contributed by atoms with van der Waals surface area (Å²) in [6.07, 6.45) is 0. The molecule has 0 radical (unpaired) electrons. The summed E-state index contributed by atoms with van der Waals surface area (Å²) >= 11 is 11.7. The molecule has 1 amide bonds. The standard InChI is InChI=1S/C19H20Cl2N4O3/c20-15-2-4-16(5-3-15)24-11-9-23(10-12-24)8-7-22-19(26)14-1-6-17(21)18(13-14)25(27)28/h1-6,13H,7-12H2,(H,22,26). The zero-order valence-corrected chi connectivity index (χ0v) is 16.6. The fourth-order valence-corrected chi connectivity index (χ4v) is 3.42. The van der Waals surface area contributed by atoms with Crippen molar-refractivity contribution in [2.75, 3.05) is 44.2 Å². The van der Waals surface area contributed by atoms with Crippen LogP contribution in [-0.4, -0.2) is 55.0 Å². The van der Waals surface area contributed by atoms with Gasteiger partial charge in [0.2, 0.25) is 0 Å². The number of amides is 1. The molecule has 1 aliphatic rings. The van der Waals surface area contributed by atoms with Gasteiger partial charge in [0.05, 0.1) is 4.92 Å². The maximum absolute atomic E-state index is 12.2. The topological polar surface area (TPSA) is 78.7 Å². The summed E-state index contributed by atoms with van der Waals surface area (Å²) in [5.41, 5.74) is 1.11. The van der Waals surface area contributed by atoms with Crippen molar-refractivity contribution < 1.29 is 9.72 Å². The van der Waals surface area contributed by atoms with Crippen LogP contribution in [0.1, 0.15) is 10.4 Å². The first-order valence-electron chi connectivity index (χ1n) is 8.89. The number of piperazine rings is 1. The lowest BCUT2D eigenvalue weighted by Crippen LogP contribution is -2.48. The van der Waals surface area contributed by atoms with Crippen molar-refractivity contribution in [3.63, 3.8) is 0 Å². The highest BCUT2D eigenvalue weighted by molar-refractivity contribution is 6.32. The van der Waals surface area contributed by atoms with Crippen molar-refractivity contribution >= 4 is 40.5 Å². The Bertz CT molecular complexity index is 853. The average molecular weight is 423 g/mol. The molecule has 3 rings (SSSR count). The maximum atomic E-state index is 12.2. The van der Waals surface area contributed by atoms with Crippen LogP contribution in [-0.2, 0) is 0 Å². The Morgan fingerprint density at radius 1 is 1.07 bits per heavy atom. The van der Waals surface area contributed by atoms with Crippen LogP contribution in [0.25, 0.3) is 0 Å². The number of rotatable bonds is 6. The van der Waals surface area contributed by atoms with Gasteiger partial charge in [-0.05, 0) is 36.4 Å². The second-order valence-corrected chi connectivity index (χ2v) is 7.33. The van der Waals surface area contributed by atoms with E-state index in [9.17, 15) is 14.9 Å². The first-order chi connectivity index (χ1) is 13.4. The zero-order chi connectivity index (χ0) is 20.1. The van der Waals surface area contributed by atoms with E-state index in [-0.39, 0.29) is 22.2 Å². The van der Waals surface area contributed by atoms with Crippen LogP contribution in [0.2, 0.25) is 10.0 Å². The molecule has 2 aromatic rings. The van der Waals surface area contributed by atoms with Gasteiger partial charge < -0.3 is 10.2 Å². The highest BCUT2D eigenvalue weighted by atomic mass is 35.5. The van der Waals surface area contributed by atoms with E-state index < -0.39 is 4.92 Å². The van der Waals surface area contributed by atoms with Gasteiger partial charge in [0, 0.05) is 61.6 Å². The van der Waals surface area contributed by atoms with E-state index in [4.69, 9.17) is 23.2 Å². The van der Waals surface area contributed by atoms with E-state index in [0.717, 1.165) is 43.4 Å². The van der Waals surface area contributed by atoms with Gasteiger partial charge >= 0.3 is 0 Å². The van der Waals surface area contributed by atoms with Crippen molar-refractivity contribution in [3.8, 4) is 0 Å². The number of carbonyl (C=O) groups is 1. The molecule has 0 saturated carbocycles. The third-order valence-electron chi connectivity index (χ3n) is 4.68. The molecule has 0 spiro atoms. The Balaban J connectivity index is 1.44. The van der Waals surface area contributed by atoms with E-state index in [1.54, 1.807) is 0 Å². The molecule has 0 bridgehead atoms. The summed E-state index contributed by atoms with van der Waals surface area (Å²) in [5, 5.41) is 14.5. The summed E-state index contributed by atoms with van der Waals surface area (Å²) < 4.78 is 0. The second kappa shape index (κ2) is 9.23. The fourth-order valence-electron chi connectivity index (χ4n) is 3.11. The molecule has 0 unspecified atom stereocenters. The first-order valence-corrected chi connectivity index (χ1v) is 9.64. The van der Waals surface area contributed by atoms with Crippen LogP contribution in [0.5, 0.6) is 0 Å². The molecule has 0 aromatic heterocycles. The lowest BCUT2D eigenvalue weighted by atomic mass is 10.2. The smallest absolute Gasteiger partial charge is 0.288 e. The summed E-state index contributed by atoms with van der Waals surface area (Å²) in [6.45, 7) is 4.78. The number of carbonyl (C=O) groups excluding carboxylic acids is 1. The van der Waals surface area contributed by atoms with Crippen molar-refractivity contribution in [1.82, 2.24) is 10.2 Å². The van der Waals surface area contributed by atoms with Gasteiger partial charge in [-0.25, -0.2) is 0 Å². The number of nitrogens with zero attached hydrogens (tertiary/aromatic N) is 3. The zero-order valence-electron chi connectivity index (χ0n) is 15.1. The normalized spacial score (nSPS) is 14.7. The van der Waals surface area contributed by atoms with Crippen LogP contribution in [0.15, 0.2) is 42.5 Å². The third-order valence-corrected chi connectivity index (χ3v) is 5.25. The minimum atomic E-state index is -0.598. The van der Waals surface area contributed by atoms with E-state index in [2.05, 4.69) is 15.1 Å². The fraction of sp³-hybridized carbons (Fsp3) is 0.316. The minimum Gasteiger partial charge on any atom is -0.369 e. The molecule has 2 aromatic carbocycles. The lowest BCUT2D eigenvalue weighted by molar-refractivity contribution is -0.384. The number of nitro benzene ring substituents is 1. The van der Waals surface area contributed by atoms with Gasteiger partial charge in [-0.3, -0.25) is 19.8 Å². The molecular formula is C19H20Cl2N4O3. The Kier molecular flexibility index (Phi) is 6.72. The maximum Gasteiger partial charge on any atom is 0.288 e. The molecule has 1 N–H and O–H groups in total. The molecule has 0 atom stereocenters. The number of nitrogens with one attached hydrogen (secondary N) is 1. The molecular weight excluding hydrogens is 403 g/mol. The van der Waals surface area contributed by atoms with E-state index in [1.807, 2.05) is 24.3 Å². The van der Waals surface area contributed by atoms with Gasteiger partial charge in [-0.15, -0.1) is 0 Å². The highest BCUT2D eigenvalue weighted by Crippen LogP contribution is 2.25. The molecule has 1 saturated heterocycles. The van der Waals surface area contributed by atoms with Crippen LogP contribution in [0.4, 0.5) is 11.4 Å². The monoisotopic (exact) mass is 422 g/mol. The molecule has 28 heavy (non-hydrogen) atoms. The number of benzene rings is 2. The first kappa shape index (κ1) is 20.4. The molecule has 1 fully saturated rings. The number of hydrogen-bond acceptors (Lipinski definition) is 5. The predicted octanol–water partition coefficient (Wildman–Crippen LogP) is 3.45. The number of anilines is 1. The lowest BCUT2D eigenvalue weighted by Gasteiger charge is -2.36. The summed E-state index contributed by atoms with van der Waals surface area (Å²) in [6, 6.07) is 11.9. The molecule has 9 heteroatoms. The van der Waals surface area contributed by atoms with Crippen molar-refractivity contribution in [3.05, 3.63) is 68.2 Å². The SMILES string of the molecule is O=C(NCCN1CCN(c2ccc(Cl)cc2)CC1)c1ccc(Cl)c([N+](=O)[O-])c1. The van der Waals surface area contributed by atoms with Gasteiger partial charge in [-0.2, -0.15) is 0 Å². The Labute approximate surface area is 173 Å². The Hall–Kier alpha value is -2.35. The predicted molar refractivity (Wildman–Crippen MR) is 111 cm³/mol. The molecule has 0 aliphatic carbocycles. The van der Waals surface area contributed by atoms with Crippen LogP contribution >= 0.6 is 23.2 Å². The van der Waals surface area contributed by atoms with Crippen LogP contribution in [0, 0.1) is 10.1 Å². The highest BCUT2D eigenvalue weighted by Gasteiger charge is 2.18. The van der Waals surface area contributed by atoms with Crippen molar-refractivity contribution in [2.24, 2.45) is 0 Å². The second-order valence-electron chi connectivity index (χ2n) is 6.48. The molecule has 148 valence electrons. The number of nitro groups is 1. The van der Waals surface area contributed by atoms with E-state index in [0.29, 0.717) is 6.54 Å². The minimum absolute atomic E-state index is 0.0140. The Morgan fingerprint density at radius 3 is 2.39 bits per heavy atom. The third kappa shape index (κ3) is 5.13. The van der Waals surface area contributed by atoms with Gasteiger partial charge in [0.1, 0.15) is 5.02 Å². The number of hydrogen-bond donors (Lipinski definition) is 1. The van der Waals surface area contributed by atoms with Crippen LogP contribution in [0.3, 0.4) is 0 Å². The van der Waals surface area contributed by atoms with Gasteiger partial charge in [-0.1, -0.05) is 23.2 Å².